The van der Waals surface area contributed by atoms with E-state index in [9.17, 15) is 9.59 Å². The lowest BCUT2D eigenvalue weighted by Crippen LogP contribution is -2.41. The molecule has 0 spiro atoms. The van der Waals surface area contributed by atoms with Gasteiger partial charge in [-0.1, -0.05) is 17.3 Å². The van der Waals surface area contributed by atoms with E-state index in [2.05, 4.69) is 10.1 Å². The summed E-state index contributed by atoms with van der Waals surface area (Å²) in [6, 6.07) is 7.30. The topological polar surface area (TPSA) is 98.0 Å². The molecular weight excluding hydrogens is 352 g/mol. The molecule has 0 saturated heterocycles. The van der Waals surface area contributed by atoms with Crippen molar-refractivity contribution in [1.82, 2.24) is 15.0 Å². The summed E-state index contributed by atoms with van der Waals surface area (Å²) in [6.45, 7) is 3.11. The summed E-state index contributed by atoms with van der Waals surface area (Å²) >= 11 is 0. The number of hydrogen-bond donors (Lipinski definition) is 0. The van der Waals surface area contributed by atoms with Gasteiger partial charge in [0, 0.05) is 26.6 Å². The van der Waals surface area contributed by atoms with Crippen LogP contribution < -0.4 is 9.64 Å². The third-order valence-electron chi connectivity index (χ3n) is 4.20. The van der Waals surface area contributed by atoms with Crippen LogP contribution in [0.1, 0.15) is 25.1 Å². The monoisotopic (exact) mass is 374 g/mol. The van der Waals surface area contributed by atoms with E-state index in [1.54, 1.807) is 16.9 Å². The fraction of sp³-hybridized carbons (Fsp3) is 0.444. The maximum atomic E-state index is 12.6. The van der Waals surface area contributed by atoms with Crippen LogP contribution in [0.3, 0.4) is 0 Å². The molecule has 9 heteroatoms. The maximum Gasteiger partial charge on any atom is 0.265 e. The van der Waals surface area contributed by atoms with Gasteiger partial charge in [-0.2, -0.15) is 4.98 Å². The Bertz CT molecular complexity index is 807. The number of hydrogen-bond acceptors (Lipinski definition) is 7. The van der Waals surface area contributed by atoms with Crippen LogP contribution >= 0.6 is 0 Å². The molecule has 9 nitrogen and oxygen atoms in total. The number of methoxy groups -OCH3 is 1. The highest BCUT2D eigenvalue weighted by Crippen LogP contribution is 2.31. The smallest absolute Gasteiger partial charge is 0.265 e. The molecule has 27 heavy (non-hydrogen) atoms. The van der Waals surface area contributed by atoms with Gasteiger partial charge in [0.25, 0.3) is 5.91 Å². The molecule has 0 saturated carbocycles. The van der Waals surface area contributed by atoms with Crippen molar-refractivity contribution in [1.29, 1.82) is 0 Å². The van der Waals surface area contributed by atoms with Crippen LogP contribution in [-0.2, 0) is 27.5 Å². The lowest BCUT2D eigenvalue weighted by molar-refractivity contribution is -0.131. The Morgan fingerprint density at radius 2 is 2.19 bits per heavy atom. The second kappa shape index (κ2) is 8.63. The second-order valence-electron chi connectivity index (χ2n) is 6.00. The molecule has 0 radical (unpaired) electrons. The first-order chi connectivity index (χ1) is 13.1. The highest BCUT2D eigenvalue weighted by atomic mass is 16.5. The number of ether oxygens (including phenoxy) is 2. The molecule has 2 amide bonds. The molecule has 0 bridgehead atoms. The number of anilines is 1. The van der Waals surface area contributed by atoms with Crippen molar-refractivity contribution in [3.05, 3.63) is 36.0 Å². The van der Waals surface area contributed by atoms with E-state index < -0.39 is 0 Å². The molecule has 144 valence electrons. The Balaban J connectivity index is 1.61. The first-order valence-corrected chi connectivity index (χ1v) is 8.72. The number of benzene rings is 1. The Morgan fingerprint density at radius 3 is 2.96 bits per heavy atom. The minimum absolute atomic E-state index is 0.0209. The summed E-state index contributed by atoms with van der Waals surface area (Å²) in [5, 5.41) is 3.79. The Kier molecular flexibility index (Phi) is 6.02. The molecule has 0 aliphatic carbocycles. The summed E-state index contributed by atoms with van der Waals surface area (Å²) in [7, 11) is 1.54. The van der Waals surface area contributed by atoms with Gasteiger partial charge in [0.05, 0.1) is 12.2 Å². The van der Waals surface area contributed by atoms with Crippen LogP contribution in [0.5, 0.6) is 5.75 Å². The van der Waals surface area contributed by atoms with Gasteiger partial charge in [-0.05, 0) is 19.1 Å². The first-order valence-electron chi connectivity index (χ1n) is 8.72. The zero-order valence-corrected chi connectivity index (χ0v) is 15.4. The van der Waals surface area contributed by atoms with Crippen molar-refractivity contribution in [2.45, 2.75) is 26.5 Å². The zero-order valence-electron chi connectivity index (χ0n) is 15.4. The summed E-state index contributed by atoms with van der Waals surface area (Å²) in [6.07, 6.45) is 0.187. The number of rotatable bonds is 8. The molecule has 0 unspecified atom stereocenters. The third kappa shape index (κ3) is 4.43. The van der Waals surface area contributed by atoms with E-state index in [-0.39, 0.29) is 44.5 Å². The maximum absolute atomic E-state index is 12.6. The molecule has 1 aliphatic rings. The number of amides is 2. The van der Waals surface area contributed by atoms with Crippen LogP contribution in [0.15, 0.2) is 28.8 Å². The van der Waals surface area contributed by atoms with Crippen molar-refractivity contribution < 1.29 is 23.6 Å². The Morgan fingerprint density at radius 1 is 1.37 bits per heavy atom. The highest BCUT2D eigenvalue weighted by molar-refractivity contribution is 5.98. The number of fused-ring (bicyclic) bond motifs is 1. The summed E-state index contributed by atoms with van der Waals surface area (Å²) in [4.78, 5) is 32.2. The highest BCUT2D eigenvalue weighted by Gasteiger charge is 2.26. The Labute approximate surface area is 156 Å². The number of carbonyl (C=O) groups is 2. The van der Waals surface area contributed by atoms with E-state index in [4.69, 9.17) is 14.0 Å². The Hall–Kier alpha value is -2.94. The minimum Gasteiger partial charge on any atom is -0.482 e. The van der Waals surface area contributed by atoms with Gasteiger partial charge in [-0.3, -0.25) is 9.59 Å². The fourth-order valence-corrected chi connectivity index (χ4v) is 2.85. The number of carbonyl (C=O) groups excluding carboxylic acids is 2. The molecule has 1 aromatic carbocycles. The molecule has 0 N–H and O–H groups in total. The predicted molar refractivity (Wildman–Crippen MR) is 95.0 cm³/mol. The van der Waals surface area contributed by atoms with E-state index in [0.29, 0.717) is 29.7 Å². The lowest BCUT2D eigenvalue weighted by atomic mass is 10.2. The van der Waals surface area contributed by atoms with Crippen molar-refractivity contribution in [2.24, 2.45) is 0 Å². The van der Waals surface area contributed by atoms with Gasteiger partial charge in [-0.25, -0.2) is 0 Å². The van der Waals surface area contributed by atoms with E-state index in [1.165, 1.54) is 0 Å². The van der Waals surface area contributed by atoms with Gasteiger partial charge in [-0.15, -0.1) is 0 Å². The van der Waals surface area contributed by atoms with Gasteiger partial charge in [0.15, 0.2) is 12.4 Å². The molecule has 2 aromatic rings. The van der Waals surface area contributed by atoms with Crippen LogP contribution in [0.4, 0.5) is 5.69 Å². The normalized spacial score (nSPS) is 13.3. The van der Waals surface area contributed by atoms with Crippen molar-refractivity contribution in [2.75, 3.05) is 31.7 Å². The first kappa shape index (κ1) is 18.8. The molecule has 3 rings (SSSR count). The fourth-order valence-electron chi connectivity index (χ4n) is 2.85. The van der Waals surface area contributed by atoms with Gasteiger partial charge < -0.3 is 23.8 Å². The average molecular weight is 374 g/mol. The molecule has 2 heterocycles. The van der Waals surface area contributed by atoms with Crippen LogP contribution in [0, 0.1) is 0 Å². The molecule has 0 atom stereocenters. The molecule has 0 fully saturated rings. The van der Waals surface area contributed by atoms with Gasteiger partial charge in [0.2, 0.25) is 11.8 Å². The SMILES string of the molecule is CCN(Cc1nc(COC)no1)C(=O)CCN1C(=O)COc2ccccc21. The minimum atomic E-state index is -0.161. The van der Waals surface area contributed by atoms with E-state index in [1.807, 2.05) is 31.2 Å². The number of para-hydroxylation sites is 2. The molecular formula is C18H22N4O5. The van der Waals surface area contributed by atoms with Crippen LogP contribution in [-0.4, -0.2) is 53.7 Å². The zero-order chi connectivity index (χ0) is 19.2. The number of aromatic nitrogens is 2. The van der Waals surface area contributed by atoms with Gasteiger partial charge >= 0.3 is 0 Å². The van der Waals surface area contributed by atoms with E-state index in [0.717, 1.165) is 0 Å². The third-order valence-corrected chi connectivity index (χ3v) is 4.20. The summed E-state index contributed by atoms with van der Waals surface area (Å²) in [5.74, 6) is 1.18. The molecule has 1 aromatic heterocycles. The predicted octanol–water partition coefficient (Wildman–Crippen LogP) is 1.38. The largest absolute Gasteiger partial charge is 0.482 e. The second-order valence-corrected chi connectivity index (χ2v) is 6.00. The van der Waals surface area contributed by atoms with Gasteiger partial charge in [0.1, 0.15) is 12.4 Å². The lowest BCUT2D eigenvalue weighted by Gasteiger charge is -2.29. The van der Waals surface area contributed by atoms with Crippen LogP contribution in [0.2, 0.25) is 0 Å². The molecule has 1 aliphatic heterocycles. The van der Waals surface area contributed by atoms with Crippen molar-refractivity contribution >= 4 is 17.5 Å². The van der Waals surface area contributed by atoms with Crippen LogP contribution in [0.25, 0.3) is 0 Å². The average Bonchev–Trinajstić information content (AvgIpc) is 3.12. The summed E-state index contributed by atoms with van der Waals surface area (Å²) < 4.78 is 15.5. The quantitative estimate of drug-likeness (QED) is 0.688. The van der Waals surface area contributed by atoms with Crippen molar-refractivity contribution in [3.63, 3.8) is 0 Å². The summed E-state index contributed by atoms with van der Waals surface area (Å²) in [5.41, 5.74) is 0.686. The van der Waals surface area contributed by atoms with E-state index >= 15 is 0 Å². The van der Waals surface area contributed by atoms with Crippen molar-refractivity contribution in [3.8, 4) is 5.75 Å². The standard InChI is InChI=1S/C18H22N4O5/c1-3-21(10-16-19-15(11-25-2)20-27-16)17(23)8-9-22-13-6-4-5-7-14(13)26-12-18(22)24/h4-7H,3,8-12H2,1-2H3. The number of nitrogens with zero attached hydrogens (tertiary/aromatic N) is 4.